The first-order chi connectivity index (χ1) is 13.7. The van der Waals surface area contributed by atoms with Crippen LogP contribution in [-0.4, -0.2) is 31.9 Å². The molecule has 2 saturated carbocycles. The van der Waals surface area contributed by atoms with Crippen molar-refractivity contribution in [1.29, 1.82) is 0 Å². The Kier molecular flexibility index (Phi) is 4.39. The minimum Gasteiger partial charge on any atom is -0.490 e. The Morgan fingerprint density at radius 2 is 1.75 bits per heavy atom. The molecule has 3 aromatic rings. The van der Waals surface area contributed by atoms with Gasteiger partial charge in [0.15, 0.2) is 5.65 Å². The van der Waals surface area contributed by atoms with Gasteiger partial charge in [0.25, 0.3) is 0 Å². The van der Waals surface area contributed by atoms with Gasteiger partial charge in [-0.25, -0.2) is 14.6 Å². The van der Waals surface area contributed by atoms with E-state index in [-0.39, 0.29) is 12.1 Å². The lowest BCUT2D eigenvalue weighted by atomic mass is 9.88. The lowest BCUT2D eigenvalue weighted by Gasteiger charge is -2.32. The van der Waals surface area contributed by atoms with Crippen LogP contribution in [0.3, 0.4) is 0 Å². The predicted octanol–water partition coefficient (Wildman–Crippen LogP) is 3.45. The molecule has 2 aliphatic rings. The Bertz CT molecular complexity index is 970. The van der Waals surface area contributed by atoms with Gasteiger partial charge in [0.2, 0.25) is 0 Å². The van der Waals surface area contributed by atoms with E-state index in [9.17, 15) is 0 Å². The van der Waals surface area contributed by atoms with E-state index in [1.54, 1.807) is 0 Å². The minimum atomic E-state index is 0.239. The second-order valence-electron chi connectivity index (χ2n) is 8.04. The van der Waals surface area contributed by atoms with Crippen LogP contribution in [0.5, 0.6) is 5.75 Å². The van der Waals surface area contributed by atoms with E-state index in [0.717, 1.165) is 53.7 Å². The van der Waals surface area contributed by atoms with Crippen molar-refractivity contribution in [2.75, 3.05) is 5.73 Å². The van der Waals surface area contributed by atoms with Gasteiger partial charge in [0, 0.05) is 11.6 Å². The van der Waals surface area contributed by atoms with Crippen molar-refractivity contribution < 1.29 is 4.74 Å². The topological polar surface area (TPSA) is 105 Å². The summed E-state index contributed by atoms with van der Waals surface area (Å²) in [5, 5.41) is 5.67. The molecular formula is C21H26N6O. The number of ether oxygens (including phenoxy) is 1. The number of nitrogen functional groups attached to an aromatic ring is 1. The van der Waals surface area contributed by atoms with Crippen molar-refractivity contribution in [3.8, 4) is 17.0 Å². The van der Waals surface area contributed by atoms with Crippen molar-refractivity contribution in [3.63, 3.8) is 0 Å². The molecule has 2 heterocycles. The highest BCUT2D eigenvalue weighted by Gasteiger charge is 2.31. The SMILES string of the molecule is Nc1ncnc2c1c(-c1ccc(OC3CCCCC3)cc1)nn2C1CC(N)C1. The molecule has 0 bridgehead atoms. The van der Waals surface area contributed by atoms with Gasteiger partial charge in [-0.3, -0.25) is 0 Å². The van der Waals surface area contributed by atoms with Crippen LogP contribution in [0.15, 0.2) is 30.6 Å². The summed E-state index contributed by atoms with van der Waals surface area (Å²) in [5.74, 6) is 1.37. The molecule has 0 aliphatic heterocycles. The van der Waals surface area contributed by atoms with Gasteiger partial charge in [-0.05, 0) is 62.8 Å². The maximum atomic E-state index is 6.19. The first-order valence-corrected chi connectivity index (χ1v) is 10.2. The maximum Gasteiger partial charge on any atom is 0.164 e. The Labute approximate surface area is 164 Å². The lowest BCUT2D eigenvalue weighted by Crippen LogP contribution is -2.38. The molecule has 0 atom stereocenters. The third-order valence-electron chi connectivity index (χ3n) is 6.00. The van der Waals surface area contributed by atoms with Gasteiger partial charge in [0.05, 0.1) is 17.5 Å². The maximum absolute atomic E-state index is 6.19. The van der Waals surface area contributed by atoms with Crippen LogP contribution in [-0.2, 0) is 0 Å². The van der Waals surface area contributed by atoms with E-state index in [0.29, 0.717) is 11.9 Å². The number of benzene rings is 1. The lowest BCUT2D eigenvalue weighted by molar-refractivity contribution is 0.155. The molecule has 0 unspecified atom stereocenters. The molecule has 4 N–H and O–H groups in total. The Morgan fingerprint density at radius 1 is 1.00 bits per heavy atom. The fourth-order valence-electron chi connectivity index (χ4n) is 4.35. The summed E-state index contributed by atoms with van der Waals surface area (Å²) in [6.07, 6.45) is 9.80. The fraction of sp³-hybridized carbons (Fsp3) is 0.476. The van der Waals surface area contributed by atoms with Crippen LogP contribution in [0.25, 0.3) is 22.3 Å². The number of anilines is 1. The average molecular weight is 378 g/mol. The van der Waals surface area contributed by atoms with Crippen LogP contribution in [0, 0.1) is 0 Å². The van der Waals surface area contributed by atoms with Gasteiger partial charge >= 0.3 is 0 Å². The standard InChI is InChI=1S/C21H26N6O/c22-14-10-15(11-14)27-21-18(20(23)24-12-25-21)19(26-27)13-6-8-17(9-7-13)28-16-4-2-1-3-5-16/h6-9,12,14-16H,1-5,10-11,22H2,(H2,23,24,25). The number of aromatic nitrogens is 4. The zero-order valence-electron chi connectivity index (χ0n) is 15.9. The highest BCUT2D eigenvalue weighted by atomic mass is 16.5. The van der Waals surface area contributed by atoms with Crippen LogP contribution >= 0.6 is 0 Å². The zero-order valence-corrected chi connectivity index (χ0v) is 15.9. The Hall–Kier alpha value is -2.67. The number of hydrogen-bond acceptors (Lipinski definition) is 6. The molecule has 2 aromatic heterocycles. The summed E-state index contributed by atoms with van der Waals surface area (Å²) in [5.41, 5.74) is 14.8. The second-order valence-corrected chi connectivity index (χ2v) is 8.04. The molecule has 2 fully saturated rings. The van der Waals surface area contributed by atoms with Crippen LogP contribution in [0.1, 0.15) is 51.0 Å². The second kappa shape index (κ2) is 7.05. The van der Waals surface area contributed by atoms with Gasteiger partial charge in [-0.15, -0.1) is 0 Å². The van der Waals surface area contributed by atoms with Crippen LogP contribution in [0.2, 0.25) is 0 Å². The van der Waals surface area contributed by atoms with Crippen LogP contribution in [0.4, 0.5) is 5.82 Å². The molecule has 146 valence electrons. The quantitative estimate of drug-likeness (QED) is 0.720. The summed E-state index contributed by atoms with van der Waals surface area (Å²) < 4.78 is 8.12. The van der Waals surface area contributed by atoms with Gasteiger partial charge < -0.3 is 16.2 Å². The largest absolute Gasteiger partial charge is 0.490 e. The normalized spacial score (nSPS) is 22.9. The molecule has 7 nitrogen and oxygen atoms in total. The summed E-state index contributed by atoms with van der Waals surface area (Å²) in [6.45, 7) is 0. The molecule has 0 saturated heterocycles. The molecule has 0 spiro atoms. The van der Waals surface area contributed by atoms with Gasteiger partial charge in [0.1, 0.15) is 23.6 Å². The summed E-state index contributed by atoms with van der Waals surface area (Å²) >= 11 is 0. The molecule has 1 aromatic carbocycles. The van der Waals surface area contributed by atoms with Gasteiger partial charge in [-0.2, -0.15) is 5.10 Å². The molecule has 0 amide bonds. The number of nitrogens with two attached hydrogens (primary N) is 2. The predicted molar refractivity (Wildman–Crippen MR) is 109 cm³/mol. The summed E-state index contributed by atoms with van der Waals surface area (Å²) in [6, 6.07) is 8.65. The molecule has 2 aliphatic carbocycles. The molecular weight excluding hydrogens is 352 g/mol. The molecule has 0 radical (unpaired) electrons. The average Bonchev–Trinajstić information content (AvgIpc) is 3.07. The van der Waals surface area contributed by atoms with E-state index in [1.807, 2.05) is 28.9 Å². The highest BCUT2D eigenvalue weighted by molar-refractivity contribution is 5.98. The van der Waals surface area contributed by atoms with E-state index in [4.69, 9.17) is 21.3 Å². The van der Waals surface area contributed by atoms with Crippen molar-refractivity contribution in [1.82, 2.24) is 19.7 Å². The fourth-order valence-corrected chi connectivity index (χ4v) is 4.35. The summed E-state index contributed by atoms with van der Waals surface area (Å²) in [7, 11) is 0. The third kappa shape index (κ3) is 3.09. The minimum absolute atomic E-state index is 0.239. The molecule has 7 heteroatoms. The summed E-state index contributed by atoms with van der Waals surface area (Å²) in [4.78, 5) is 8.64. The van der Waals surface area contributed by atoms with Gasteiger partial charge in [-0.1, -0.05) is 6.42 Å². The first-order valence-electron chi connectivity index (χ1n) is 10.2. The monoisotopic (exact) mass is 378 g/mol. The third-order valence-corrected chi connectivity index (χ3v) is 6.00. The smallest absolute Gasteiger partial charge is 0.164 e. The van der Waals surface area contributed by atoms with Crippen molar-refractivity contribution in [3.05, 3.63) is 30.6 Å². The Balaban J connectivity index is 1.47. The van der Waals surface area contributed by atoms with E-state index in [1.165, 1.54) is 25.6 Å². The van der Waals surface area contributed by atoms with Crippen LogP contribution < -0.4 is 16.2 Å². The van der Waals surface area contributed by atoms with E-state index in [2.05, 4.69) is 9.97 Å². The Morgan fingerprint density at radius 3 is 2.46 bits per heavy atom. The zero-order chi connectivity index (χ0) is 19.1. The van der Waals surface area contributed by atoms with Crippen molar-refractivity contribution in [2.24, 2.45) is 5.73 Å². The first kappa shape index (κ1) is 17.4. The van der Waals surface area contributed by atoms with E-state index >= 15 is 0 Å². The highest BCUT2D eigenvalue weighted by Crippen LogP contribution is 2.37. The number of rotatable bonds is 4. The van der Waals surface area contributed by atoms with E-state index < -0.39 is 0 Å². The van der Waals surface area contributed by atoms with Crippen molar-refractivity contribution >= 4 is 16.9 Å². The molecule has 28 heavy (non-hydrogen) atoms. The number of hydrogen-bond donors (Lipinski definition) is 2. The molecule has 5 rings (SSSR count). The number of fused-ring (bicyclic) bond motifs is 1. The van der Waals surface area contributed by atoms with Crippen molar-refractivity contribution in [2.45, 2.75) is 63.1 Å². The number of nitrogens with zero attached hydrogens (tertiary/aromatic N) is 4.